The molecule has 0 aromatic heterocycles. The van der Waals surface area contributed by atoms with Crippen molar-refractivity contribution in [3.63, 3.8) is 0 Å². The van der Waals surface area contributed by atoms with Crippen molar-refractivity contribution in [2.75, 3.05) is 0 Å². The third-order valence-electron chi connectivity index (χ3n) is 0.895. The van der Waals surface area contributed by atoms with Crippen molar-refractivity contribution >= 4 is 0 Å². The Bertz CT molecular complexity index is 97.4. The van der Waals surface area contributed by atoms with Crippen LogP contribution < -0.4 is 0 Å². The molecule has 0 radical (unpaired) electrons. The average molecular weight is 109 g/mol. The molecule has 0 aromatic carbocycles. The van der Waals surface area contributed by atoms with Gasteiger partial charge in [-0.25, -0.2) is 0 Å². The minimum absolute atomic E-state index is 0.685. The average Bonchev–Trinajstić information content (AvgIpc) is 1.81. The number of hydrogen-bond donors (Lipinski definition) is 0. The first kappa shape index (κ1) is 7.23. The fourth-order valence-corrected chi connectivity index (χ4v) is 0.466. The van der Waals surface area contributed by atoms with Crippen LogP contribution in [0.4, 0.5) is 0 Å². The van der Waals surface area contributed by atoms with E-state index >= 15 is 0 Å². The number of allylic oxidation sites excluding steroid dienone is 2. The lowest BCUT2D eigenvalue weighted by Crippen LogP contribution is -1.66. The van der Waals surface area contributed by atoms with Gasteiger partial charge in [-0.2, -0.15) is 5.26 Å². The molecule has 0 atom stereocenters. The minimum atomic E-state index is 0.685. The van der Waals surface area contributed by atoms with Gasteiger partial charge < -0.3 is 0 Å². The molecule has 0 bridgehead atoms. The SMILES string of the molecule is C/C=C/CCCC#N. The molecule has 0 N–H and O–H groups in total. The molecule has 0 amide bonds. The van der Waals surface area contributed by atoms with E-state index in [0.29, 0.717) is 6.42 Å². The summed E-state index contributed by atoms with van der Waals surface area (Å²) in [5, 5.41) is 8.09. The molecule has 1 heteroatoms. The van der Waals surface area contributed by atoms with E-state index < -0.39 is 0 Å². The predicted molar refractivity (Wildman–Crippen MR) is 34.3 cm³/mol. The van der Waals surface area contributed by atoms with Gasteiger partial charge >= 0.3 is 0 Å². The van der Waals surface area contributed by atoms with E-state index in [1.807, 2.05) is 13.0 Å². The summed E-state index contributed by atoms with van der Waals surface area (Å²) in [4.78, 5) is 0. The zero-order valence-electron chi connectivity index (χ0n) is 5.22. The molecule has 0 aliphatic heterocycles. The Balaban J connectivity index is 2.85. The second-order valence-electron chi connectivity index (χ2n) is 1.62. The van der Waals surface area contributed by atoms with Gasteiger partial charge in [0.2, 0.25) is 0 Å². The highest BCUT2D eigenvalue weighted by molar-refractivity contribution is 4.79. The molecular formula is C7H11N. The highest BCUT2D eigenvalue weighted by Crippen LogP contribution is 1.93. The van der Waals surface area contributed by atoms with E-state index in [9.17, 15) is 0 Å². The highest BCUT2D eigenvalue weighted by atomic mass is 14.2. The summed E-state index contributed by atoms with van der Waals surface area (Å²) in [6.07, 6.45) is 6.82. The molecule has 0 rings (SSSR count). The van der Waals surface area contributed by atoms with Crippen LogP contribution in [0, 0.1) is 11.3 Å². The second kappa shape index (κ2) is 6.23. The van der Waals surface area contributed by atoms with Gasteiger partial charge in [-0.15, -0.1) is 0 Å². The van der Waals surface area contributed by atoms with Gasteiger partial charge in [0.15, 0.2) is 0 Å². The lowest BCUT2D eigenvalue weighted by molar-refractivity contribution is 0.875. The lowest BCUT2D eigenvalue weighted by Gasteiger charge is -1.82. The molecule has 0 spiro atoms. The van der Waals surface area contributed by atoms with E-state index in [1.165, 1.54) is 0 Å². The van der Waals surface area contributed by atoms with Crippen molar-refractivity contribution in [1.29, 1.82) is 5.26 Å². The van der Waals surface area contributed by atoms with Crippen LogP contribution in [0.1, 0.15) is 26.2 Å². The molecule has 0 aromatic rings. The van der Waals surface area contributed by atoms with Gasteiger partial charge in [-0.3, -0.25) is 0 Å². The van der Waals surface area contributed by atoms with Gasteiger partial charge in [0.25, 0.3) is 0 Å². The molecule has 44 valence electrons. The Labute approximate surface area is 50.6 Å². The topological polar surface area (TPSA) is 23.8 Å². The molecule has 0 unspecified atom stereocenters. The summed E-state index contributed by atoms with van der Waals surface area (Å²) in [5.41, 5.74) is 0. The monoisotopic (exact) mass is 109 g/mol. The zero-order valence-corrected chi connectivity index (χ0v) is 5.22. The van der Waals surface area contributed by atoms with Crippen LogP contribution in [0.5, 0.6) is 0 Å². The molecule has 0 fully saturated rings. The van der Waals surface area contributed by atoms with E-state index in [4.69, 9.17) is 5.26 Å². The molecule has 8 heavy (non-hydrogen) atoms. The molecule has 0 aliphatic carbocycles. The zero-order chi connectivity index (χ0) is 6.24. The summed E-state index contributed by atoms with van der Waals surface area (Å²) in [5.74, 6) is 0. The summed E-state index contributed by atoms with van der Waals surface area (Å²) < 4.78 is 0. The fraction of sp³-hybridized carbons (Fsp3) is 0.571. The van der Waals surface area contributed by atoms with Gasteiger partial charge in [-0.05, 0) is 19.8 Å². The molecule has 0 heterocycles. The van der Waals surface area contributed by atoms with Gasteiger partial charge in [0, 0.05) is 6.42 Å². The smallest absolute Gasteiger partial charge is 0.0621 e. The number of hydrogen-bond acceptors (Lipinski definition) is 1. The minimum Gasteiger partial charge on any atom is -0.198 e. The molecule has 0 aliphatic rings. The lowest BCUT2D eigenvalue weighted by atomic mass is 10.2. The van der Waals surface area contributed by atoms with E-state index in [2.05, 4.69) is 12.1 Å². The van der Waals surface area contributed by atoms with Crippen LogP contribution in [0.25, 0.3) is 0 Å². The summed E-state index contributed by atoms with van der Waals surface area (Å²) in [6.45, 7) is 1.99. The van der Waals surface area contributed by atoms with Crippen molar-refractivity contribution < 1.29 is 0 Å². The van der Waals surface area contributed by atoms with E-state index in [-0.39, 0.29) is 0 Å². The Hall–Kier alpha value is -0.770. The van der Waals surface area contributed by atoms with Gasteiger partial charge in [-0.1, -0.05) is 12.2 Å². The normalized spacial score (nSPS) is 9.50. The number of nitriles is 1. The molecule has 1 nitrogen and oxygen atoms in total. The van der Waals surface area contributed by atoms with Gasteiger partial charge in [0.1, 0.15) is 0 Å². The largest absolute Gasteiger partial charge is 0.198 e. The first-order valence-electron chi connectivity index (χ1n) is 2.90. The third-order valence-corrected chi connectivity index (χ3v) is 0.895. The molecule has 0 saturated heterocycles. The van der Waals surface area contributed by atoms with Gasteiger partial charge in [0.05, 0.1) is 6.07 Å². The Morgan fingerprint density at radius 1 is 1.62 bits per heavy atom. The van der Waals surface area contributed by atoms with Crippen LogP contribution in [0.2, 0.25) is 0 Å². The summed E-state index contributed by atoms with van der Waals surface area (Å²) in [6, 6.07) is 2.09. The van der Waals surface area contributed by atoms with Crippen LogP contribution in [-0.2, 0) is 0 Å². The number of unbranched alkanes of at least 4 members (excludes halogenated alkanes) is 2. The standard InChI is InChI=1S/C7H11N/c1-2-3-4-5-6-7-8/h2-3H,4-6H2,1H3/b3-2+. The van der Waals surface area contributed by atoms with Crippen molar-refractivity contribution in [2.45, 2.75) is 26.2 Å². The quantitative estimate of drug-likeness (QED) is 0.403. The Morgan fingerprint density at radius 2 is 2.38 bits per heavy atom. The van der Waals surface area contributed by atoms with Crippen LogP contribution in [-0.4, -0.2) is 0 Å². The Morgan fingerprint density at radius 3 is 2.88 bits per heavy atom. The number of rotatable bonds is 3. The second-order valence-corrected chi connectivity index (χ2v) is 1.62. The van der Waals surface area contributed by atoms with Crippen LogP contribution in [0.15, 0.2) is 12.2 Å². The van der Waals surface area contributed by atoms with Crippen molar-refractivity contribution in [1.82, 2.24) is 0 Å². The van der Waals surface area contributed by atoms with Crippen molar-refractivity contribution in [3.05, 3.63) is 12.2 Å². The summed E-state index contributed by atoms with van der Waals surface area (Å²) in [7, 11) is 0. The third kappa shape index (κ3) is 5.23. The maximum atomic E-state index is 8.09. The Kier molecular flexibility index (Phi) is 5.63. The van der Waals surface area contributed by atoms with E-state index in [1.54, 1.807) is 0 Å². The molecular weight excluding hydrogens is 98.1 g/mol. The van der Waals surface area contributed by atoms with Crippen molar-refractivity contribution in [3.8, 4) is 6.07 Å². The van der Waals surface area contributed by atoms with E-state index in [0.717, 1.165) is 12.8 Å². The highest BCUT2D eigenvalue weighted by Gasteiger charge is 1.77. The first-order chi connectivity index (χ1) is 3.91. The van der Waals surface area contributed by atoms with Crippen LogP contribution in [0.3, 0.4) is 0 Å². The maximum Gasteiger partial charge on any atom is 0.0621 e. The predicted octanol–water partition coefficient (Wildman–Crippen LogP) is 2.26. The molecule has 0 saturated carbocycles. The van der Waals surface area contributed by atoms with Crippen LogP contribution >= 0.6 is 0 Å². The summed E-state index contributed by atoms with van der Waals surface area (Å²) >= 11 is 0. The number of nitrogens with zero attached hydrogens (tertiary/aromatic N) is 1. The van der Waals surface area contributed by atoms with Crippen molar-refractivity contribution in [2.24, 2.45) is 0 Å². The maximum absolute atomic E-state index is 8.09. The fourth-order valence-electron chi connectivity index (χ4n) is 0.466. The first-order valence-corrected chi connectivity index (χ1v) is 2.90.